The number of fused-ring (bicyclic) bond motifs is 1. The minimum Gasteiger partial charge on any atom is -0.465 e. The van der Waals surface area contributed by atoms with E-state index >= 15 is 0 Å². The fourth-order valence-electron chi connectivity index (χ4n) is 2.93. The molecule has 190 valence electrons. The summed E-state index contributed by atoms with van der Waals surface area (Å²) in [6, 6.07) is 0. The van der Waals surface area contributed by atoms with E-state index in [4.69, 9.17) is 24.5 Å². The highest BCUT2D eigenvalue weighted by Crippen LogP contribution is 2.45. The maximum absolute atomic E-state index is 13.6. The quantitative estimate of drug-likeness (QED) is 0.303. The Bertz CT molecular complexity index is 1040. The Labute approximate surface area is 198 Å². The van der Waals surface area contributed by atoms with Crippen LogP contribution in [0.3, 0.4) is 0 Å². The summed E-state index contributed by atoms with van der Waals surface area (Å²) in [5.41, 5.74) is 5.44. The lowest BCUT2D eigenvalue weighted by Crippen LogP contribution is -2.47. The SMILES string of the molecule is CCOC(=O)C(C)(C)NP(=O)(COC(C)Cn1cnc2c(N)ncnc21)OCC(=O)OC(C)C. The molecule has 0 aliphatic carbocycles. The largest absolute Gasteiger partial charge is 0.465 e. The third kappa shape index (κ3) is 7.73. The summed E-state index contributed by atoms with van der Waals surface area (Å²) < 4.78 is 36.5. The molecule has 34 heavy (non-hydrogen) atoms. The van der Waals surface area contributed by atoms with Crippen LogP contribution in [0.4, 0.5) is 5.82 Å². The number of hydrogen-bond donors (Lipinski definition) is 2. The predicted molar refractivity (Wildman–Crippen MR) is 124 cm³/mol. The van der Waals surface area contributed by atoms with Crippen LogP contribution in [0.2, 0.25) is 0 Å². The second kappa shape index (κ2) is 11.7. The topological polar surface area (TPSA) is 170 Å². The van der Waals surface area contributed by atoms with E-state index in [-0.39, 0.29) is 18.5 Å². The predicted octanol–water partition coefficient (Wildman–Crippen LogP) is 1.86. The standard InChI is InChI=1S/C20H33N6O7P/c1-7-30-19(28)20(5,6)25-34(29,32-9-15(27)33-13(2)3)12-31-14(4)8-26-11-24-16-17(21)22-10-23-18(16)26/h10-11,13-14H,7-9,12H2,1-6H3,(H,25,29)(H2,21,22,23). The Morgan fingerprint density at radius 1 is 1.24 bits per heavy atom. The van der Waals surface area contributed by atoms with E-state index in [2.05, 4.69) is 20.0 Å². The van der Waals surface area contributed by atoms with E-state index in [1.165, 1.54) is 20.2 Å². The molecule has 0 bridgehead atoms. The summed E-state index contributed by atoms with van der Waals surface area (Å²) in [4.78, 5) is 36.5. The maximum Gasteiger partial charge on any atom is 0.332 e. The molecular formula is C20H33N6O7P. The molecule has 0 aromatic carbocycles. The van der Waals surface area contributed by atoms with Crippen molar-refractivity contribution in [1.29, 1.82) is 0 Å². The molecule has 2 atom stereocenters. The average molecular weight is 500 g/mol. The third-order valence-electron chi connectivity index (χ3n) is 4.41. The molecular weight excluding hydrogens is 467 g/mol. The zero-order valence-electron chi connectivity index (χ0n) is 20.3. The fraction of sp³-hybridized carbons (Fsp3) is 0.650. The van der Waals surface area contributed by atoms with E-state index < -0.39 is 44.1 Å². The first-order valence-corrected chi connectivity index (χ1v) is 12.6. The second-order valence-corrected chi connectivity index (χ2v) is 10.5. The zero-order valence-corrected chi connectivity index (χ0v) is 21.2. The van der Waals surface area contributed by atoms with Crippen LogP contribution in [0, 0.1) is 0 Å². The van der Waals surface area contributed by atoms with Crippen molar-refractivity contribution in [1.82, 2.24) is 24.6 Å². The van der Waals surface area contributed by atoms with E-state index in [9.17, 15) is 14.2 Å². The number of nitrogens with two attached hydrogens (primary N) is 1. The molecule has 0 saturated carbocycles. The number of carbonyl (C=O) groups excluding carboxylic acids is 2. The first-order valence-electron chi connectivity index (χ1n) is 10.8. The normalized spacial score (nSPS) is 14.7. The van der Waals surface area contributed by atoms with Gasteiger partial charge in [-0.1, -0.05) is 0 Å². The first kappa shape index (κ1) is 27.6. The Kier molecular flexibility index (Phi) is 9.51. The van der Waals surface area contributed by atoms with E-state index in [1.54, 1.807) is 38.6 Å². The molecule has 0 radical (unpaired) electrons. The van der Waals surface area contributed by atoms with Crippen LogP contribution in [0.25, 0.3) is 11.2 Å². The number of rotatable bonds is 13. The van der Waals surface area contributed by atoms with Crippen molar-refractivity contribution >= 4 is 36.4 Å². The lowest BCUT2D eigenvalue weighted by molar-refractivity contribution is -0.149. The molecule has 0 saturated heterocycles. The molecule has 13 nitrogen and oxygen atoms in total. The first-order chi connectivity index (χ1) is 15.9. The summed E-state index contributed by atoms with van der Waals surface area (Å²) in [7, 11) is -3.86. The van der Waals surface area contributed by atoms with E-state index in [1.807, 2.05) is 0 Å². The maximum atomic E-state index is 13.6. The summed E-state index contributed by atoms with van der Waals surface area (Å²) in [5.74, 6) is -1.06. The van der Waals surface area contributed by atoms with E-state index in [0.29, 0.717) is 17.7 Å². The number of carbonyl (C=O) groups is 2. The Morgan fingerprint density at radius 3 is 2.59 bits per heavy atom. The lowest BCUT2D eigenvalue weighted by Gasteiger charge is -2.30. The number of esters is 2. The van der Waals surface area contributed by atoms with Gasteiger partial charge < -0.3 is 29.0 Å². The highest BCUT2D eigenvalue weighted by atomic mass is 31.2. The van der Waals surface area contributed by atoms with Gasteiger partial charge in [-0.3, -0.25) is 9.36 Å². The second-order valence-electron chi connectivity index (χ2n) is 8.38. The van der Waals surface area contributed by atoms with Crippen LogP contribution in [0.15, 0.2) is 12.7 Å². The molecule has 2 heterocycles. The molecule has 2 rings (SSSR count). The lowest BCUT2D eigenvalue weighted by atomic mass is 10.1. The van der Waals surface area contributed by atoms with Gasteiger partial charge in [-0.05, 0) is 41.5 Å². The number of nitrogens with one attached hydrogen (secondary N) is 1. The molecule has 0 amide bonds. The van der Waals surface area contributed by atoms with Crippen molar-refractivity contribution in [3.63, 3.8) is 0 Å². The Hall–Kier alpha value is -2.60. The van der Waals surface area contributed by atoms with Crippen molar-refractivity contribution in [3.8, 4) is 0 Å². The smallest absolute Gasteiger partial charge is 0.332 e. The summed E-state index contributed by atoms with van der Waals surface area (Å²) in [5, 5.41) is 2.68. The number of aromatic nitrogens is 4. The highest BCUT2D eigenvalue weighted by Gasteiger charge is 2.39. The average Bonchev–Trinajstić information content (AvgIpc) is 3.14. The van der Waals surface area contributed by atoms with Crippen molar-refractivity contribution in [3.05, 3.63) is 12.7 Å². The van der Waals surface area contributed by atoms with Gasteiger partial charge in [-0.15, -0.1) is 0 Å². The number of imidazole rings is 1. The van der Waals surface area contributed by atoms with Gasteiger partial charge in [-0.2, -0.15) is 0 Å². The van der Waals surface area contributed by atoms with Gasteiger partial charge >= 0.3 is 11.9 Å². The Balaban J connectivity index is 2.11. The van der Waals surface area contributed by atoms with Crippen LogP contribution in [-0.4, -0.2) is 68.8 Å². The Morgan fingerprint density at radius 2 is 1.94 bits per heavy atom. The molecule has 14 heteroatoms. The van der Waals surface area contributed by atoms with Crippen molar-refractivity contribution in [2.45, 2.75) is 65.8 Å². The molecule has 0 aliphatic rings. The zero-order chi connectivity index (χ0) is 25.5. The minimum absolute atomic E-state index is 0.149. The van der Waals surface area contributed by atoms with Gasteiger partial charge in [0.25, 0.3) is 7.52 Å². The fourth-order valence-corrected chi connectivity index (χ4v) is 4.84. The minimum atomic E-state index is -3.86. The summed E-state index contributed by atoms with van der Waals surface area (Å²) in [6.07, 6.45) is 1.63. The molecule has 2 unspecified atom stereocenters. The van der Waals surface area contributed by atoms with Crippen molar-refractivity contribution < 1.29 is 32.9 Å². The molecule has 0 fully saturated rings. The third-order valence-corrected chi connectivity index (χ3v) is 6.34. The van der Waals surface area contributed by atoms with E-state index in [0.717, 1.165) is 0 Å². The molecule has 0 spiro atoms. The van der Waals surface area contributed by atoms with Crippen molar-refractivity contribution in [2.75, 3.05) is 25.3 Å². The number of ether oxygens (including phenoxy) is 3. The number of anilines is 1. The number of nitrogen functional groups attached to an aromatic ring is 1. The van der Waals surface area contributed by atoms with Crippen LogP contribution in [0.1, 0.15) is 41.5 Å². The number of nitrogens with zero attached hydrogens (tertiary/aromatic N) is 4. The summed E-state index contributed by atoms with van der Waals surface area (Å²) >= 11 is 0. The van der Waals surface area contributed by atoms with Gasteiger partial charge in [0.05, 0.1) is 31.7 Å². The van der Waals surface area contributed by atoms with Gasteiger partial charge in [0, 0.05) is 0 Å². The molecule has 0 aliphatic heterocycles. The number of hydrogen-bond acceptors (Lipinski definition) is 11. The van der Waals surface area contributed by atoms with Gasteiger partial charge in [-0.25, -0.2) is 24.8 Å². The van der Waals surface area contributed by atoms with Crippen LogP contribution in [0.5, 0.6) is 0 Å². The van der Waals surface area contributed by atoms with Gasteiger partial charge in [0.1, 0.15) is 23.7 Å². The van der Waals surface area contributed by atoms with Crippen molar-refractivity contribution in [2.24, 2.45) is 0 Å². The molecule has 2 aromatic rings. The molecule has 2 aromatic heterocycles. The van der Waals surface area contributed by atoms with Crippen LogP contribution in [-0.2, 0) is 39.4 Å². The summed E-state index contributed by atoms with van der Waals surface area (Å²) in [6.45, 7) is 9.66. The van der Waals surface area contributed by atoms with Gasteiger partial charge in [0.2, 0.25) is 0 Å². The molecule has 3 N–H and O–H groups in total. The highest BCUT2D eigenvalue weighted by molar-refractivity contribution is 7.56. The van der Waals surface area contributed by atoms with Crippen LogP contribution < -0.4 is 10.8 Å². The monoisotopic (exact) mass is 500 g/mol. The van der Waals surface area contributed by atoms with Crippen LogP contribution >= 0.6 is 7.52 Å². The van der Waals surface area contributed by atoms with Gasteiger partial charge in [0.15, 0.2) is 18.1 Å².